The van der Waals surface area contributed by atoms with E-state index in [1.807, 2.05) is 42.5 Å². The Bertz CT molecular complexity index is 881. The number of fused-ring (bicyclic) bond motifs is 1. The lowest BCUT2D eigenvalue weighted by Gasteiger charge is -2.10. The number of carbonyl (C=O) groups is 1. The minimum absolute atomic E-state index is 0.0579. The topological polar surface area (TPSA) is 38.3 Å². The third kappa shape index (κ3) is 4.18. The highest BCUT2D eigenvalue weighted by Gasteiger charge is 2.07. The molecular formula is C22H23NO2. The van der Waals surface area contributed by atoms with Crippen molar-refractivity contribution in [3.8, 4) is 5.75 Å². The van der Waals surface area contributed by atoms with Crippen molar-refractivity contribution in [3.63, 3.8) is 0 Å². The molecule has 0 radical (unpaired) electrons. The number of rotatable bonds is 6. The molecule has 0 fully saturated rings. The Morgan fingerprint density at radius 3 is 2.64 bits per heavy atom. The lowest BCUT2D eigenvalue weighted by atomic mass is 10.0. The summed E-state index contributed by atoms with van der Waals surface area (Å²) in [6, 6.07) is 20.1. The number of hydrogen-bond donors (Lipinski definition) is 1. The summed E-state index contributed by atoms with van der Waals surface area (Å²) in [5.41, 5.74) is 3.34. The largest absolute Gasteiger partial charge is 0.497 e. The van der Waals surface area contributed by atoms with Crippen LogP contribution < -0.4 is 10.1 Å². The van der Waals surface area contributed by atoms with Gasteiger partial charge in [-0.05, 0) is 54.5 Å². The summed E-state index contributed by atoms with van der Waals surface area (Å²) in [4.78, 5) is 12.3. The molecule has 0 saturated heterocycles. The van der Waals surface area contributed by atoms with Gasteiger partial charge >= 0.3 is 0 Å². The van der Waals surface area contributed by atoms with Crippen LogP contribution in [0.2, 0.25) is 0 Å². The zero-order chi connectivity index (χ0) is 17.6. The molecule has 1 N–H and O–H groups in total. The molecule has 0 aliphatic heterocycles. The molecule has 128 valence electrons. The van der Waals surface area contributed by atoms with Gasteiger partial charge in [0, 0.05) is 17.5 Å². The average Bonchev–Trinajstić information content (AvgIpc) is 2.63. The molecule has 0 aromatic heterocycles. The van der Waals surface area contributed by atoms with Crippen molar-refractivity contribution in [2.45, 2.75) is 26.2 Å². The number of nitrogens with one attached hydrogen (secondary N) is 1. The first kappa shape index (κ1) is 17.0. The summed E-state index contributed by atoms with van der Waals surface area (Å²) in [5.74, 6) is 0.928. The Kier molecular flexibility index (Phi) is 5.34. The monoisotopic (exact) mass is 333 g/mol. The van der Waals surface area contributed by atoms with Gasteiger partial charge in [-0.25, -0.2) is 0 Å². The van der Waals surface area contributed by atoms with Crippen LogP contribution in [0.25, 0.3) is 10.8 Å². The minimum Gasteiger partial charge on any atom is -0.497 e. The van der Waals surface area contributed by atoms with Gasteiger partial charge in [0.2, 0.25) is 5.91 Å². The first-order valence-corrected chi connectivity index (χ1v) is 8.58. The maximum atomic E-state index is 12.3. The smallest absolute Gasteiger partial charge is 0.224 e. The highest BCUT2D eigenvalue weighted by Crippen LogP contribution is 2.23. The van der Waals surface area contributed by atoms with Gasteiger partial charge in [0.25, 0.3) is 0 Å². The van der Waals surface area contributed by atoms with Crippen molar-refractivity contribution in [2.24, 2.45) is 0 Å². The minimum atomic E-state index is 0.0579. The molecule has 3 aromatic carbocycles. The molecular weight excluding hydrogens is 310 g/mol. The summed E-state index contributed by atoms with van der Waals surface area (Å²) in [6.45, 7) is 2.08. The van der Waals surface area contributed by atoms with Crippen LogP contribution in [0.1, 0.15) is 24.0 Å². The Labute approximate surface area is 148 Å². The highest BCUT2D eigenvalue weighted by molar-refractivity contribution is 6.02. The molecule has 1 amide bonds. The summed E-state index contributed by atoms with van der Waals surface area (Å²) < 4.78 is 5.23. The third-order valence-corrected chi connectivity index (χ3v) is 4.46. The fourth-order valence-electron chi connectivity index (χ4n) is 3.06. The maximum absolute atomic E-state index is 12.3. The predicted octanol–water partition coefficient (Wildman–Crippen LogP) is 5.12. The molecule has 0 atom stereocenters. The number of amides is 1. The standard InChI is InChI=1S/C22H23NO2/c1-16-15-19(25-2)14-13-17(16)8-6-12-22(24)23-21-11-5-9-18-7-3-4-10-20(18)21/h3-5,7,9-11,13-15H,6,8,12H2,1-2H3,(H,23,24). The molecule has 0 aliphatic rings. The number of ether oxygens (including phenoxy) is 1. The summed E-state index contributed by atoms with van der Waals surface area (Å²) in [5, 5.41) is 5.25. The lowest BCUT2D eigenvalue weighted by molar-refractivity contribution is -0.116. The SMILES string of the molecule is COc1ccc(CCCC(=O)Nc2cccc3ccccc23)c(C)c1. The number of benzene rings is 3. The fraction of sp³-hybridized carbons (Fsp3) is 0.227. The van der Waals surface area contributed by atoms with Crippen molar-refractivity contribution in [1.82, 2.24) is 0 Å². The van der Waals surface area contributed by atoms with Crippen LogP contribution >= 0.6 is 0 Å². The van der Waals surface area contributed by atoms with Crippen molar-refractivity contribution < 1.29 is 9.53 Å². The van der Waals surface area contributed by atoms with E-state index in [2.05, 4.69) is 30.4 Å². The Balaban J connectivity index is 1.58. The Hall–Kier alpha value is -2.81. The number of carbonyl (C=O) groups excluding carboxylic acids is 1. The molecule has 0 saturated carbocycles. The van der Waals surface area contributed by atoms with Gasteiger partial charge in [0.15, 0.2) is 0 Å². The molecule has 0 spiro atoms. The van der Waals surface area contributed by atoms with Crippen molar-refractivity contribution in [3.05, 3.63) is 71.8 Å². The molecule has 0 unspecified atom stereocenters. The van der Waals surface area contributed by atoms with Crippen molar-refractivity contribution >= 4 is 22.4 Å². The molecule has 0 aliphatic carbocycles. The van der Waals surface area contributed by atoms with E-state index in [0.29, 0.717) is 6.42 Å². The first-order valence-electron chi connectivity index (χ1n) is 8.58. The normalized spacial score (nSPS) is 10.6. The zero-order valence-electron chi connectivity index (χ0n) is 14.7. The van der Waals surface area contributed by atoms with E-state index in [4.69, 9.17) is 4.74 Å². The number of anilines is 1. The van der Waals surface area contributed by atoms with Crippen LogP contribution in [0.15, 0.2) is 60.7 Å². The molecule has 3 rings (SSSR count). The second kappa shape index (κ2) is 7.84. The third-order valence-electron chi connectivity index (χ3n) is 4.46. The summed E-state index contributed by atoms with van der Waals surface area (Å²) in [6.07, 6.45) is 2.22. The second-order valence-corrected chi connectivity index (χ2v) is 6.22. The number of aryl methyl sites for hydroxylation is 2. The van der Waals surface area contributed by atoms with E-state index >= 15 is 0 Å². The Morgan fingerprint density at radius 1 is 1.04 bits per heavy atom. The Morgan fingerprint density at radius 2 is 1.84 bits per heavy atom. The van der Waals surface area contributed by atoms with Gasteiger partial charge in [0.05, 0.1) is 7.11 Å². The van der Waals surface area contributed by atoms with E-state index < -0.39 is 0 Å². The molecule has 3 heteroatoms. The predicted molar refractivity (Wildman–Crippen MR) is 103 cm³/mol. The summed E-state index contributed by atoms with van der Waals surface area (Å²) in [7, 11) is 1.67. The first-order chi connectivity index (χ1) is 12.2. The molecule has 3 nitrogen and oxygen atoms in total. The fourth-order valence-corrected chi connectivity index (χ4v) is 3.06. The maximum Gasteiger partial charge on any atom is 0.224 e. The van der Waals surface area contributed by atoms with E-state index in [1.54, 1.807) is 7.11 Å². The van der Waals surface area contributed by atoms with Crippen molar-refractivity contribution in [2.75, 3.05) is 12.4 Å². The van der Waals surface area contributed by atoms with E-state index in [-0.39, 0.29) is 5.91 Å². The van der Waals surface area contributed by atoms with Crippen molar-refractivity contribution in [1.29, 1.82) is 0 Å². The van der Waals surface area contributed by atoms with Gasteiger partial charge in [-0.3, -0.25) is 4.79 Å². The van der Waals surface area contributed by atoms with Crippen LogP contribution in [0.4, 0.5) is 5.69 Å². The molecule has 25 heavy (non-hydrogen) atoms. The van der Waals surface area contributed by atoms with E-state index in [9.17, 15) is 4.79 Å². The van der Waals surface area contributed by atoms with Gasteiger partial charge in [0.1, 0.15) is 5.75 Å². The van der Waals surface area contributed by atoms with E-state index in [0.717, 1.165) is 35.1 Å². The number of hydrogen-bond acceptors (Lipinski definition) is 2. The van der Waals surface area contributed by atoms with Crippen LogP contribution in [-0.4, -0.2) is 13.0 Å². The average molecular weight is 333 g/mol. The van der Waals surface area contributed by atoms with Crippen LogP contribution in [0, 0.1) is 6.92 Å². The molecule has 0 heterocycles. The zero-order valence-corrected chi connectivity index (χ0v) is 14.7. The van der Waals surface area contributed by atoms with Gasteiger partial charge in [-0.15, -0.1) is 0 Å². The van der Waals surface area contributed by atoms with Gasteiger partial charge in [-0.2, -0.15) is 0 Å². The highest BCUT2D eigenvalue weighted by atomic mass is 16.5. The van der Waals surface area contributed by atoms with Gasteiger partial charge < -0.3 is 10.1 Å². The summed E-state index contributed by atoms with van der Waals surface area (Å²) >= 11 is 0. The molecule has 3 aromatic rings. The van der Waals surface area contributed by atoms with E-state index in [1.165, 1.54) is 11.1 Å². The second-order valence-electron chi connectivity index (χ2n) is 6.22. The molecule has 0 bridgehead atoms. The van der Waals surface area contributed by atoms with Crippen LogP contribution in [0.3, 0.4) is 0 Å². The number of methoxy groups -OCH3 is 1. The lowest BCUT2D eigenvalue weighted by Crippen LogP contribution is -2.11. The van der Waals surface area contributed by atoms with Gasteiger partial charge in [-0.1, -0.05) is 42.5 Å². The quantitative estimate of drug-likeness (QED) is 0.680. The van der Waals surface area contributed by atoms with Crippen LogP contribution in [0.5, 0.6) is 5.75 Å². The van der Waals surface area contributed by atoms with Crippen LogP contribution in [-0.2, 0) is 11.2 Å².